The molecule has 98 valence electrons. The molecule has 0 atom stereocenters. The number of nitro benzene ring substituents is 1. The third-order valence-electron chi connectivity index (χ3n) is 2.25. The van der Waals surface area contributed by atoms with E-state index in [9.17, 15) is 10.1 Å². The van der Waals surface area contributed by atoms with Crippen LogP contribution >= 0.6 is 27.5 Å². The topological polar surface area (TPSA) is 78.4 Å². The molecule has 0 aliphatic rings. The highest BCUT2D eigenvalue weighted by atomic mass is 79.9. The molecule has 0 radical (unpaired) electrons. The molecule has 0 spiro atoms. The van der Waals surface area contributed by atoms with Gasteiger partial charge in [0.1, 0.15) is 11.5 Å². The van der Waals surface area contributed by atoms with E-state index >= 15 is 0 Å². The third-order valence-corrected chi connectivity index (χ3v) is 3.10. The number of halogens is 2. The van der Waals surface area contributed by atoms with Gasteiger partial charge >= 0.3 is 0 Å². The number of rotatable bonds is 3. The zero-order chi connectivity index (χ0) is 14.0. The molecule has 2 aromatic rings. The van der Waals surface area contributed by atoms with E-state index in [2.05, 4.69) is 15.9 Å². The van der Waals surface area contributed by atoms with Crippen LogP contribution in [0.2, 0.25) is 5.02 Å². The summed E-state index contributed by atoms with van der Waals surface area (Å²) in [6.07, 6.45) is 0. The van der Waals surface area contributed by atoms with Gasteiger partial charge in [-0.15, -0.1) is 0 Å². The van der Waals surface area contributed by atoms with E-state index in [1.165, 1.54) is 18.2 Å². The maximum absolute atomic E-state index is 10.7. The van der Waals surface area contributed by atoms with Crippen molar-refractivity contribution < 1.29 is 9.66 Å². The Morgan fingerprint density at radius 3 is 2.63 bits per heavy atom. The second-order valence-corrected chi connectivity index (χ2v) is 4.98. The average molecular weight is 344 g/mol. The van der Waals surface area contributed by atoms with Crippen molar-refractivity contribution in [1.29, 1.82) is 0 Å². The van der Waals surface area contributed by atoms with Gasteiger partial charge in [0.2, 0.25) is 0 Å². The van der Waals surface area contributed by atoms with Crippen LogP contribution in [0.3, 0.4) is 0 Å². The Morgan fingerprint density at radius 2 is 2.00 bits per heavy atom. The highest BCUT2D eigenvalue weighted by Gasteiger charge is 2.11. The molecule has 0 saturated carbocycles. The van der Waals surface area contributed by atoms with Gasteiger partial charge < -0.3 is 10.5 Å². The number of benzene rings is 2. The smallest absolute Gasteiger partial charge is 0.275 e. The molecule has 0 aliphatic heterocycles. The van der Waals surface area contributed by atoms with E-state index < -0.39 is 4.92 Å². The highest BCUT2D eigenvalue weighted by molar-refractivity contribution is 9.10. The Morgan fingerprint density at radius 1 is 1.26 bits per heavy atom. The Hall–Kier alpha value is -1.79. The molecule has 2 aromatic carbocycles. The van der Waals surface area contributed by atoms with Crippen molar-refractivity contribution in [2.75, 3.05) is 5.73 Å². The molecule has 2 N–H and O–H groups in total. The van der Waals surface area contributed by atoms with E-state index in [1.807, 2.05) is 0 Å². The highest BCUT2D eigenvalue weighted by Crippen LogP contribution is 2.34. The average Bonchev–Trinajstić information content (AvgIpc) is 2.32. The van der Waals surface area contributed by atoms with Gasteiger partial charge in [-0.05, 0) is 34.1 Å². The number of ether oxygens (including phenoxy) is 1. The SMILES string of the molecule is Nc1cc(Oc2ccc(Cl)cc2Br)cc([N+](=O)[O-])c1. The van der Waals surface area contributed by atoms with Crippen molar-refractivity contribution in [2.24, 2.45) is 0 Å². The Labute approximate surface area is 122 Å². The normalized spacial score (nSPS) is 10.2. The molecule has 0 aromatic heterocycles. The minimum atomic E-state index is -0.528. The second kappa shape index (κ2) is 5.46. The summed E-state index contributed by atoms with van der Waals surface area (Å²) in [5, 5.41) is 11.3. The molecule has 19 heavy (non-hydrogen) atoms. The number of anilines is 1. The Balaban J connectivity index is 2.35. The Bertz CT molecular complexity index is 649. The fourth-order valence-corrected chi connectivity index (χ4v) is 2.22. The van der Waals surface area contributed by atoms with Crippen molar-refractivity contribution in [3.63, 3.8) is 0 Å². The van der Waals surface area contributed by atoms with E-state index in [0.717, 1.165) is 0 Å². The van der Waals surface area contributed by atoms with Gasteiger partial charge in [0.05, 0.1) is 15.5 Å². The van der Waals surface area contributed by atoms with Crippen LogP contribution in [0.4, 0.5) is 11.4 Å². The lowest BCUT2D eigenvalue weighted by Gasteiger charge is -2.08. The first kappa shape index (κ1) is 13.6. The van der Waals surface area contributed by atoms with Crippen molar-refractivity contribution >= 4 is 38.9 Å². The van der Waals surface area contributed by atoms with Crippen LogP contribution in [0.15, 0.2) is 40.9 Å². The summed E-state index contributed by atoms with van der Waals surface area (Å²) >= 11 is 9.11. The molecule has 2 rings (SSSR count). The number of non-ortho nitro benzene ring substituents is 1. The fraction of sp³-hybridized carbons (Fsp3) is 0. The van der Waals surface area contributed by atoms with Crippen LogP contribution in [0.1, 0.15) is 0 Å². The third kappa shape index (κ3) is 3.36. The first-order valence-corrected chi connectivity index (χ1v) is 6.30. The zero-order valence-electron chi connectivity index (χ0n) is 9.47. The quantitative estimate of drug-likeness (QED) is 0.509. The molecule has 0 bridgehead atoms. The number of hydrogen-bond donors (Lipinski definition) is 1. The van der Waals surface area contributed by atoms with Gasteiger partial charge in [-0.25, -0.2) is 0 Å². The molecule has 0 aliphatic carbocycles. The maximum atomic E-state index is 10.7. The molecule has 0 heterocycles. The molecule has 0 fully saturated rings. The number of nitrogens with zero attached hydrogens (tertiary/aromatic N) is 1. The van der Waals surface area contributed by atoms with Gasteiger partial charge in [0, 0.05) is 22.8 Å². The van der Waals surface area contributed by atoms with Crippen molar-refractivity contribution in [3.8, 4) is 11.5 Å². The Kier molecular flexibility index (Phi) is 3.92. The van der Waals surface area contributed by atoms with E-state index in [1.54, 1.807) is 18.2 Å². The van der Waals surface area contributed by atoms with Crippen LogP contribution in [0.5, 0.6) is 11.5 Å². The summed E-state index contributed by atoms with van der Waals surface area (Å²) < 4.78 is 6.19. The number of hydrogen-bond acceptors (Lipinski definition) is 4. The summed E-state index contributed by atoms with van der Waals surface area (Å²) in [5.41, 5.74) is 5.73. The van der Waals surface area contributed by atoms with Gasteiger partial charge in [-0.1, -0.05) is 11.6 Å². The van der Waals surface area contributed by atoms with Crippen molar-refractivity contribution in [2.45, 2.75) is 0 Å². The standard InChI is InChI=1S/C12H8BrClN2O3/c13-11-3-7(14)1-2-12(11)19-10-5-8(15)4-9(6-10)16(17)18/h1-6H,15H2. The van der Waals surface area contributed by atoms with Crippen LogP contribution in [0.25, 0.3) is 0 Å². The van der Waals surface area contributed by atoms with Gasteiger partial charge in [0.25, 0.3) is 5.69 Å². The molecule has 0 saturated heterocycles. The largest absolute Gasteiger partial charge is 0.456 e. The summed E-state index contributed by atoms with van der Waals surface area (Å²) in [5.74, 6) is 0.777. The van der Waals surface area contributed by atoms with Gasteiger partial charge in [0.15, 0.2) is 0 Å². The first-order chi connectivity index (χ1) is 8.95. The lowest BCUT2D eigenvalue weighted by Crippen LogP contribution is -1.93. The molecule has 0 amide bonds. The first-order valence-electron chi connectivity index (χ1n) is 5.13. The maximum Gasteiger partial charge on any atom is 0.275 e. The molecule has 7 heteroatoms. The fourth-order valence-electron chi connectivity index (χ4n) is 1.46. The van der Waals surface area contributed by atoms with Crippen molar-refractivity contribution in [3.05, 3.63) is 56.0 Å². The predicted molar refractivity (Wildman–Crippen MR) is 76.7 cm³/mol. The van der Waals surface area contributed by atoms with E-state index in [4.69, 9.17) is 22.1 Å². The summed E-state index contributed by atoms with van der Waals surface area (Å²) in [7, 11) is 0. The molecular formula is C12H8BrClN2O3. The van der Waals surface area contributed by atoms with Crippen LogP contribution in [-0.2, 0) is 0 Å². The van der Waals surface area contributed by atoms with Crippen LogP contribution < -0.4 is 10.5 Å². The van der Waals surface area contributed by atoms with Gasteiger partial charge in [-0.3, -0.25) is 10.1 Å². The lowest BCUT2D eigenvalue weighted by atomic mass is 10.2. The predicted octanol–water partition coefficient (Wildman–Crippen LogP) is 4.39. The van der Waals surface area contributed by atoms with Crippen LogP contribution in [0, 0.1) is 10.1 Å². The summed E-state index contributed by atoms with van der Waals surface area (Å²) in [6, 6.07) is 9.05. The summed E-state index contributed by atoms with van der Waals surface area (Å²) in [6.45, 7) is 0. The van der Waals surface area contributed by atoms with E-state index in [0.29, 0.717) is 15.2 Å². The molecular weight excluding hydrogens is 336 g/mol. The summed E-state index contributed by atoms with van der Waals surface area (Å²) in [4.78, 5) is 10.2. The zero-order valence-corrected chi connectivity index (χ0v) is 11.8. The van der Waals surface area contributed by atoms with Crippen LogP contribution in [-0.4, -0.2) is 4.92 Å². The lowest BCUT2D eigenvalue weighted by molar-refractivity contribution is -0.384. The monoisotopic (exact) mass is 342 g/mol. The molecule has 5 nitrogen and oxygen atoms in total. The number of nitro groups is 1. The van der Waals surface area contributed by atoms with Crippen molar-refractivity contribution in [1.82, 2.24) is 0 Å². The number of nitrogen functional groups attached to an aromatic ring is 1. The number of nitrogens with two attached hydrogens (primary N) is 1. The molecule has 0 unspecified atom stereocenters. The second-order valence-electron chi connectivity index (χ2n) is 3.69. The van der Waals surface area contributed by atoms with E-state index in [-0.39, 0.29) is 17.1 Å². The van der Waals surface area contributed by atoms with Gasteiger partial charge in [-0.2, -0.15) is 0 Å². The minimum absolute atomic E-state index is 0.125. The minimum Gasteiger partial charge on any atom is -0.456 e.